The fourth-order valence-corrected chi connectivity index (χ4v) is 3.84. The van der Waals surface area contributed by atoms with E-state index in [1.165, 1.54) is 6.07 Å². The zero-order valence-corrected chi connectivity index (χ0v) is 18.1. The summed E-state index contributed by atoms with van der Waals surface area (Å²) in [5, 5.41) is 1.43. The van der Waals surface area contributed by atoms with Crippen LogP contribution in [0.25, 0.3) is 44.4 Å². The van der Waals surface area contributed by atoms with Gasteiger partial charge in [0.15, 0.2) is 11.3 Å². The second kappa shape index (κ2) is 8.31. The van der Waals surface area contributed by atoms with Crippen molar-refractivity contribution in [1.29, 1.82) is 0 Å². The molecule has 0 aliphatic heterocycles. The summed E-state index contributed by atoms with van der Waals surface area (Å²) in [5.41, 5.74) is 2.45. The van der Waals surface area contributed by atoms with E-state index in [0.29, 0.717) is 44.9 Å². The first-order valence-corrected chi connectivity index (χ1v) is 10.5. The molecule has 2 aromatic heterocycles. The van der Waals surface area contributed by atoms with E-state index in [9.17, 15) is 9.59 Å². The zero-order chi connectivity index (χ0) is 22.9. The number of esters is 1. The molecule has 0 atom stereocenters. The first-order chi connectivity index (χ1) is 16.1. The average molecular weight is 440 g/mol. The summed E-state index contributed by atoms with van der Waals surface area (Å²) in [6.45, 7) is 1.73. The maximum Gasteiger partial charge on any atom is 0.336 e. The minimum atomic E-state index is -0.512. The van der Waals surface area contributed by atoms with E-state index < -0.39 is 5.63 Å². The Morgan fingerprint density at radius 3 is 2.45 bits per heavy atom. The Hall–Kier alpha value is -4.32. The van der Waals surface area contributed by atoms with Crippen LogP contribution in [0.15, 0.2) is 86.4 Å². The van der Waals surface area contributed by atoms with Crippen LogP contribution in [0.2, 0.25) is 0 Å². The lowest BCUT2D eigenvalue weighted by molar-refractivity contribution is -0.133. The molecule has 164 valence electrons. The molecule has 0 fully saturated rings. The number of ether oxygens (including phenoxy) is 2. The molecule has 0 unspecified atom stereocenters. The van der Waals surface area contributed by atoms with Gasteiger partial charge in [-0.05, 0) is 29.8 Å². The van der Waals surface area contributed by atoms with Gasteiger partial charge in [-0.15, -0.1) is 0 Å². The highest BCUT2D eigenvalue weighted by Gasteiger charge is 2.19. The third kappa shape index (κ3) is 3.76. The SMILES string of the molecule is CCC(=O)Oc1cc2c(-c3cc4cccc(OC)c4o3)cc(=O)oc2cc1-c1ccccc1. The highest BCUT2D eigenvalue weighted by molar-refractivity contribution is 5.99. The van der Waals surface area contributed by atoms with Crippen LogP contribution in [0.1, 0.15) is 13.3 Å². The standard InChI is InChI=1S/C27H20O6/c1-3-25(28)31-23-14-19-20(22-12-17-10-7-11-21(30-2)27(17)33-22)15-26(29)32-24(19)13-18(23)16-8-5-4-6-9-16/h4-15H,3H2,1-2H3. The normalized spacial score (nSPS) is 11.1. The van der Waals surface area contributed by atoms with E-state index in [4.69, 9.17) is 18.3 Å². The minimum absolute atomic E-state index is 0.229. The van der Waals surface area contributed by atoms with Gasteiger partial charge in [0.1, 0.15) is 17.1 Å². The molecule has 6 heteroatoms. The van der Waals surface area contributed by atoms with Crippen LogP contribution in [0.5, 0.6) is 11.5 Å². The lowest BCUT2D eigenvalue weighted by Gasteiger charge is -2.12. The Kier molecular flexibility index (Phi) is 5.18. The van der Waals surface area contributed by atoms with Crippen molar-refractivity contribution in [2.45, 2.75) is 13.3 Å². The van der Waals surface area contributed by atoms with Crippen molar-refractivity contribution in [2.75, 3.05) is 7.11 Å². The van der Waals surface area contributed by atoms with Gasteiger partial charge in [-0.25, -0.2) is 4.79 Å². The van der Waals surface area contributed by atoms with E-state index in [-0.39, 0.29) is 12.4 Å². The number of hydrogen-bond acceptors (Lipinski definition) is 6. The van der Waals surface area contributed by atoms with Gasteiger partial charge in [0.05, 0.1) is 7.11 Å². The summed E-state index contributed by atoms with van der Waals surface area (Å²) in [6.07, 6.45) is 0.229. The topological polar surface area (TPSA) is 78.9 Å². The molecule has 0 saturated carbocycles. The molecule has 2 heterocycles. The zero-order valence-electron chi connectivity index (χ0n) is 18.1. The Bertz CT molecular complexity index is 1540. The number of para-hydroxylation sites is 1. The van der Waals surface area contributed by atoms with Crippen molar-refractivity contribution in [3.63, 3.8) is 0 Å². The summed E-state index contributed by atoms with van der Waals surface area (Å²) in [5.74, 6) is 1.09. The van der Waals surface area contributed by atoms with Crippen LogP contribution in [0.3, 0.4) is 0 Å². The number of carbonyl (C=O) groups is 1. The molecule has 3 aromatic carbocycles. The molecule has 6 nitrogen and oxygen atoms in total. The molecular formula is C27H20O6. The summed E-state index contributed by atoms with van der Waals surface area (Å²) in [6, 6.07) is 21.7. The first-order valence-electron chi connectivity index (χ1n) is 10.5. The van der Waals surface area contributed by atoms with E-state index in [2.05, 4.69) is 0 Å². The summed E-state index contributed by atoms with van der Waals surface area (Å²) in [7, 11) is 1.57. The van der Waals surface area contributed by atoms with Gasteiger partial charge in [0, 0.05) is 34.4 Å². The maximum absolute atomic E-state index is 12.5. The fourth-order valence-electron chi connectivity index (χ4n) is 3.84. The monoisotopic (exact) mass is 440 g/mol. The Balaban J connectivity index is 1.78. The number of furan rings is 1. The van der Waals surface area contributed by atoms with Crippen molar-refractivity contribution >= 4 is 27.9 Å². The van der Waals surface area contributed by atoms with Crippen molar-refractivity contribution in [3.05, 3.63) is 83.2 Å². The van der Waals surface area contributed by atoms with Crippen molar-refractivity contribution in [3.8, 4) is 33.9 Å². The maximum atomic E-state index is 12.5. The van der Waals surface area contributed by atoms with Crippen LogP contribution in [-0.4, -0.2) is 13.1 Å². The fraction of sp³-hybridized carbons (Fsp3) is 0.111. The lowest BCUT2D eigenvalue weighted by atomic mass is 10.00. The minimum Gasteiger partial charge on any atom is -0.493 e. The third-order valence-electron chi connectivity index (χ3n) is 5.44. The van der Waals surface area contributed by atoms with Crippen LogP contribution in [0, 0.1) is 0 Å². The quantitative estimate of drug-likeness (QED) is 0.184. The van der Waals surface area contributed by atoms with Gasteiger partial charge in [-0.3, -0.25) is 4.79 Å². The highest BCUT2D eigenvalue weighted by Crippen LogP contribution is 2.40. The van der Waals surface area contributed by atoms with E-state index in [0.717, 1.165) is 10.9 Å². The highest BCUT2D eigenvalue weighted by atomic mass is 16.5. The average Bonchev–Trinajstić information content (AvgIpc) is 3.28. The second-order valence-electron chi connectivity index (χ2n) is 7.51. The summed E-state index contributed by atoms with van der Waals surface area (Å²) < 4.78 is 22.7. The van der Waals surface area contributed by atoms with Gasteiger partial charge < -0.3 is 18.3 Å². The number of hydrogen-bond donors (Lipinski definition) is 0. The van der Waals surface area contributed by atoms with Crippen molar-refractivity contribution < 1.29 is 23.1 Å². The first kappa shape index (κ1) is 20.6. The molecule has 0 spiro atoms. The van der Waals surface area contributed by atoms with Crippen LogP contribution in [-0.2, 0) is 4.79 Å². The number of rotatable bonds is 5. The number of fused-ring (bicyclic) bond motifs is 2. The summed E-state index contributed by atoms with van der Waals surface area (Å²) >= 11 is 0. The molecule has 0 saturated heterocycles. The van der Waals surface area contributed by atoms with E-state index in [1.807, 2.05) is 54.6 Å². The molecule has 0 N–H and O–H groups in total. The Morgan fingerprint density at radius 1 is 0.879 bits per heavy atom. The Labute approximate surface area is 189 Å². The molecule has 33 heavy (non-hydrogen) atoms. The number of carbonyl (C=O) groups excluding carboxylic acids is 1. The molecule has 0 radical (unpaired) electrons. The molecule has 5 rings (SSSR count). The van der Waals surface area contributed by atoms with Crippen LogP contribution >= 0.6 is 0 Å². The smallest absolute Gasteiger partial charge is 0.336 e. The molecule has 0 aliphatic rings. The van der Waals surface area contributed by atoms with Crippen LogP contribution < -0.4 is 15.1 Å². The van der Waals surface area contributed by atoms with E-state index >= 15 is 0 Å². The second-order valence-corrected chi connectivity index (χ2v) is 7.51. The lowest BCUT2D eigenvalue weighted by Crippen LogP contribution is -2.07. The van der Waals surface area contributed by atoms with Crippen molar-refractivity contribution in [1.82, 2.24) is 0 Å². The Morgan fingerprint density at radius 2 is 1.70 bits per heavy atom. The van der Waals surface area contributed by atoms with Gasteiger partial charge in [-0.1, -0.05) is 49.4 Å². The predicted molar refractivity (Wildman–Crippen MR) is 126 cm³/mol. The number of benzene rings is 3. The van der Waals surface area contributed by atoms with Gasteiger partial charge in [0.2, 0.25) is 0 Å². The molecule has 0 amide bonds. The van der Waals surface area contributed by atoms with Crippen LogP contribution in [0.4, 0.5) is 0 Å². The van der Waals surface area contributed by atoms with Gasteiger partial charge in [0.25, 0.3) is 0 Å². The molecule has 5 aromatic rings. The number of methoxy groups -OCH3 is 1. The third-order valence-corrected chi connectivity index (χ3v) is 5.44. The molecule has 0 bridgehead atoms. The summed E-state index contributed by atoms with van der Waals surface area (Å²) in [4.78, 5) is 24.6. The molecule has 0 aliphatic carbocycles. The largest absolute Gasteiger partial charge is 0.493 e. The van der Waals surface area contributed by atoms with Gasteiger partial charge in [-0.2, -0.15) is 0 Å². The van der Waals surface area contributed by atoms with E-state index in [1.54, 1.807) is 26.2 Å². The predicted octanol–water partition coefficient (Wildman–Crippen LogP) is 6.20. The molecular weight excluding hydrogens is 420 g/mol. The van der Waals surface area contributed by atoms with Gasteiger partial charge >= 0.3 is 11.6 Å². The van der Waals surface area contributed by atoms with Crippen molar-refractivity contribution in [2.24, 2.45) is 0 Å².